The van der Waals surface area contributed by atoms with E-state index in [0.717, 1.165) is 17.8 Å². The minimum absolute atomic E-state index is 0.232. The summed E-state index contributed by atoms with van der Waals surface area (Å²) in [6.07, 6.45) is 12.1. The van der Waals surface area contributed by atoms with Crippen LogP contribution in [0.4, 0.5) is 0 Å². The lowest BCUT2D eigenvalue weighted by Crippen LogP contribution is -2.58. The lowest BCUT2D eigenvalue weighted by molar-refractivity contribution is -0.173. The monoisotopic (exact) mass is 288 g/mol. The first-order valence-corrected chi connectivity index (χ1v) is 9.22. The zero-order valence-corrected chi connectivity index (χ0v) is 14.0. The second-order valence-electron chi connectivity index (χ2n) is 9.55. The Morgan fingerprint density at radius 2 is 1.90 bits per heavy atom. The van der Waals surface area contributed by atoms with Crippen molar-refractivity contribution in [3.05, 3.63) is 12.2 Å². The first kappa shape index (κ1) is 14.3. The first-order chi connectivity index (χ1) is 9.94. The van der Waals surface area contributed by atoms with Gasteiger partial charge in [0.15, 0.2) is 0 Å². The number of aliphatic hydroxyl groups excluding tert-OH is 1. The van der Waals surface area contributed by atoms with Gasteiger partial charge in [0, 0.05) is 12.0 Å². The molecule has 5 atom stereocenters. The van der Waals surface area contributed by atoms with E-state index in [4.69, 9.17) is 0 Å². The van der Waals surface area contributed by atoms with Crippen molar-refractivity contribution >= 4 is 0 Å². The van der Waals surface area contributed by atoms with E-state index >= 15 is 0 Å². The summed E-state index contributed by atoms with van der Waals surface area (Å²) in [5, 5.41) is 10.5. The molecule has 4 fully saturated rings. The van der Waals surface area contributed by atoms with Crippen LogP contribution in [-0.4, -0.2) is 11.7 Å². The molecule has 0 amide bonds. The van der Waals surface area contributed by atoms with Crippen LogP contribution in [0.25, 0.3) is 0 Å². The van der Waals surface area contributed by atoms with Crippen molar-refractivity contribution in [3.8, 4) is 0 Å². The molecule has 2 bridgehead atoms. The van der Waals surface area contributed by atoms with Crippen molar-refractivity contribution in [1.29, 1.82) is 0 Å². The van der Waals surface area contributed by atoms with Crippen LogP contribution >= 0.6 is 0 Å². The van der Waals surface area contributed by atoms with Crippen LogP contribution in [0.3, 0.4) is 0 Å². The van der Waals surface area contributed by atoms with E-state index in [1.807, 2.05) is 0 Å². The molecule has 4 saturated carbocycles. The van der Waals surface area contributed by atoms with E-state index in [9.17, 15) is 5.11 Å². The fraction of sp³-hybridized carbons (Fsp3) is 0.900. The van der Waals surface area contributed by atoms with Gasteiger partial charge in [0.25, 0.3) is 0 Å². The van der Waals surface area contributed by atoms with Gasteiger partial charge >= 0.3 is 0 Å². The van der Waals surface area contributed by atoms with Crippen LogP contribution in [0.5, 0.6) is 0 Å². The van der Waals surface area contributed by atoms with Crippen LogP contribution in [0.15, 0.2) is 12.2 Å². The molecule has 0 radical (unpaired) electrons. The topological polar surface area (TPSA) is 20.2 Å². The van der Waals surface area contributed by atoms with Crippen LogP contribution in [0, 0.1) is 34.0 Å². The molecule has 0 aliphatic heterocycles. The van der Waals surface area contributed by atoms with Crippen molar-refractivity contribution in [3.63, 3.8) is 0 Å². The molecule has 1 N–H and O–H groups in total. The molecule has 1 heteroatoms. The molecular formula is C20H32O. The average molecular weight is 288 g/mol. The number of hydrogen-bond donors (Lipinski definition) is 1. The first-order valence-electron chi connectivity index (χ1n) is 9.22. The van der Waals surface area contributed by atoms with E-state index in [-0.39, 0.29) is 5.41 Å². The average Bonchev–Trinajstić information content (AvgIpc) is 2.67. The van der Waals surface area contributed by atoms with Gasteiger partial charge in [-0.3, -0.25) is 0 Å². The van der Waals surface area contributed by atoms with E-state index in [1.54, 1.807) is 5.57 Å². The third-order valence-corrected chi connectivity index (χ3v) is 8.37. The Bertz CT molecular complexity index is 464. The maximum atomic E-state index is 10.5. The van der Waals surface area contributed by atoms with Crippen molar-refractivity contribution in [2.75, 3.05) is 6.61 Å². The Kier molecular flexibility index (Phi) is 2.98. The van der Waals surface area contributed by atoms with Gasteiger partial charge in [0.1, 0.15) is 0 Å². The highest BCUT2D eigenvalue weighted by Gasteiger charge is 2.64. The Morgan fingerprint density at radius 1 is 1.10 bits per heavy atom. The largest absolute Gasteiger partial charge is 0.396 e. The normalized spacial score (nSPS) is 51.4. The number of aliphatic hydroxyl groups is 1. The van der Waals surface area contributed by atoms with E-state index in [1.165, 1.54) is 57.8 Å². The van der Waals surface area contributed by atoms with Gasteiger partial charge in [0.05, 0.1) is 0 Å². The van der Waals surface area contributed by atoms with Crippen LogP contribution in [0.1, 0.15) is 71.6 Å². The third-order valence-electron chi connectivity index (χ3n) is 8.37. The number of fused-ring (bicyclic) bond motifs is 3. The molecule has 3 unspecified atom stereocenters. The summed E-state index contributed by atoms with van der Waals surface area (Å²) < 4.78 is 0. The van der Waals surface area contributed by atoms with Crippen molar-refractivity contribution < 1.29 is 5.11 Å². The van der Waals surface area contributed by atoms with Crippen molar-refractivity contribution in [2.45, 2.75) is 71.6 Å². The predicted octanol–water partition coefficient (Wildman–Crippen LogP) is 4.95. The molecular weight excluding hydrogens is 256 g/mol. The molecule has 0 aromatic heterocycles. The minimum atomic E-state index is 0.232. The van der Waals surface area contributed by atoms with Crippen LogP contribution in [-0.2, 0) is 0 Å². The molecule has 118 valence electrons. The molecule has 0 aromatic carbocycles. The van der Waals surface area contributed by atoms with Gasteiger partial charge in [-0.05, 0) is 80.0 Å². The molecule has 0 saturated heterocycles. The van der Waals surface area contributed by atoms with Gasteiger partial charge < -0.3 is 5.11 Å². The van der Waals surface area contributed by atoms with Crippen LogP contribution < -0.4 is 0 Å². The summed E-state index contributed by atoms with van der Waals surface area (Å²) in [7, 11) is 0. The summed E-state index contributed by atoms with van der Waals surface area (Å²) in [4.78, 5) is 0. The second-order valence-corrected chi connectivity index (χ2v) is 9.55. The molecule has 0 heterocycles. The summed E-state index contributed by atoms with van der Waals surface area (Å²) >= 11 is 0. The molecule has 21 heavy (non-hydrogen) atoms. The highest BCUT2D eigenvalue weighted by Crippen LogP contribution is 2.72. The minimum Gasteiger partial charge on any atom is -0.396 e. The van der Waals surface area contributed by atoms with Crippen molar-refractivity contribution in [1.82, 2.24) is 0 Å². The summed E-state index contributed by atoms with van der Waals surface area (Å²) in [6, 6.07) is 0. The standard InChI is InChI=1S/C20H32O/c1-14-11-19-10-7-16-18(2,3)8-4-9-20(16,13-21)17(19)6-5-15(14)12-19/h15-17,21H,1,4-13H2,2-3H3/t15?,16-,17-,19?,20?/m1/s1. The zero-order valence-electron chi connectivity index (χ0n) is 14.0. The smallest absolute Gasteiger partial charge is 0.0493 e. The van der Waals surface area contributed by atoms with Gasteiger partial charge in [-0.25, -0.2) is 0 Å². The van der Waals surface area contributed by atoms with Gasteiger partial charge in [0.2, 0.25) is 0 Å². The highest BCUT2D eigenvalue weighted by molar-refractivity contribution is 5.22. The molecule has 4 aliphatic carbocycles. The lowest BCUT2D eigenvalue weighted by atomic mass is 9.41. The Hall–Kier alpha value is -0.300. The summed E-state index contributed by atoms with van der Waals surface area (Å²) in [5.41, 5.74) is 2.72. The quantitative estimate of drug-likeness (QED) is 0.677. The Balaban J connectivity index is 1.77. The second kappa shape index (κ2) is 4.37. The van der Waals surface area contributed by atoms with E-state index in [2.05, 4.69) is 20.4 Å². The lowest BCUT2D eigenvalue weighted by Gasteiger charge is -2.64. The molecule has 4 aliphatic rings. The Labute approximate surface area is 130 Å². The van der Waals surface area contributed by atoms with E-state index in [0.29, 0.717) is 17.4 Å². The van der Waals surface area contributed by atoms with Crippen LogP contribution in [0.2, 0.25) is 0 Å². The highest BCUT2D eigenvalue weighted by atomic mass is 16.3. The number of hydrogen-bond acceptors (Lipinski definition) is 1. The molecule has 1 spiro atoms. The number of allylic oxidation sites excluding steroid dienone is 1. The summed E-state index contributed by atoms with van der Waals surface area (Å²) in [5.74, 6) is 2.32. The van der Waals surface area contributed by atoms with E-state index < -0.39 is 0 Å². The fourth-order valence-electron chi connectivity index (χ4n) is 7.64. The maximum Gasteiger partial charge on any atom is 0.0493 e. The zero-order chi connectivity index (χ0) is 14.9. The van der Waals surface area contributed by atoms with Gasteiger partial charge in [-0.15, -0.1) is 0 Å². The maximum absolute atomic E-state index is 10.5. The third kappa shape index (κ3) is 1.73. The van der Waals surface area contributed by atoms with Gasteiger partial charge in [-0.2, -0.15) is 0 Å². The number of rotatable bonds is 1. The SMILES string of the molecule is C=C1CC23CC[C@@H]4C(C)(C)CCCC4(CO)[C@@H]2CCC1C3. The fourth-order valence-corrected chi connectivity index (χ4v) is 7.64. The molecule has 0 aromatic rings. The molecule has 1 nitrogen and oxygen atoms in total. The summed E-state index contributed by atoms with van der Waals surface area (Å²) in [6.45, 7) is 9.78. The Morgan fingerprint density at radius 3 is 2.67 bits per heavy atom. The van der Waals surface area contributed by atoms with Crippen molar-refractivity contribution in [2.24, 2.45) is 34.0 Å². The molecule has 4 rings (SSSR count). The predicted molar refractivity (Wildman–Crippen MR) is 86.9 cm³/mol. The van der Waals surface area contributed by atoms with Gasteiger partial charge in [-0.1, -0.05) is 32.4 Å².